The highest BCUT2D eigenvalue weighted by atomic mass is 16.6. The molecule has 1 aliphatic heterocycles. The lowest BCUT2D eigenvalue weighted by atomic mass is 9.44. The molecule has 1 spiro atoms. The van der Waals surface area contributed by atoms with Crippen LogP contribution in [0.3, 0.4) is 0 Å². The first-order valence-corrected chi connectivity index (χ1v) is 11.1. The zero-order chi connectivity index (χ0) is 18.2. The molecular formula is C23H34O3. The highest BCUT2D eigenvalue weighted by molar-refractivity contribution is 5.79. The minimum Gasteiger partial charge on any atom is -0.458 e. The summed E-state index contributed by atoms with van der Waals surface area (Å²) in [5.41, 5.74) is 0.382. The lowest BCUT2D eigenvalue weighted by molar-refractivity contribution is -0.199. The summed E-state index contributed by atoms with van der Waals surface area (Å²) in [4.78, 5) is 24.2. The molecule has 26 heavy (non-hydrogen) atoms. The van der Waals surface area contributed by atoms with Crippen molar-refractivity contribution >= 4 is 11.8 Å². The smallest absolute Gasteiger partial charge is 0.306 e. The quantitative estimate of drug-likeness (QED) is 0.568. The van der Waals surface area contributed by atoms with Crippen LogP contribution in [0.25, 0.3) is 0 Å². The van der Waals surface area contributed by atoms with E-state index in [0.29, 0.717) is 29.5 Å². The summed E-state index contributed by atoms with van der Waals surface area (Å²) >= 11 is 0. The van der Waals surface area contributed by atoms with Crippen LogP contribution >= 0.6 is 0 Å². The molecule has 7 atom stereocenters. The van der Waals surface area contributed by atoms with Crippen LogP contribution in [0.2, 0.25) is 0 Å². The number of ketones is 1. The summed E-state index contributed by atoms with van der Waals surface area (Å²) in [6.07, 6.45) is 12.8. The highest BCUT2D eigenvalue weighted by Gasteiger charge is 2.66. The lowest BCUT2D eigenvalue weighted by Crippen LogP contribution is -2.58. The van der Waals surface area contributed by atoms with Gasteiger partial charge in [-0.1, -0.05) is 13.8 Å². The van der Waals surface area contributed by atoms with Gasteiger partial charge in [-0.25, -0.2) is 0 Å². The summed E-state index contributed by atoms with van der Waals surface area (Å²) in [5, 5.41) is 0. The van der Waals surface area contributed by atoms with E-state index < -0.39 is 0 Å². The first-order valence-electron chi connectivity index (χ1n) is 11.1. The molecule has 0 aromatic heterocycles. The van der Waals surface area contributed by atoms with Gasteiger partial charge in [0.2, 0.25) is 0 Å². The second-order valence-corrected chi connectivity index (χ2v) is 10.7. The van der Waals surface area contributed by atoms with E-state index in [0.717, 1.165) is 50.4 Å². The van der Waals surface area contributed by atoms with Crippen molar-refractivity contribution in [3.63, 3.8) is 0 Å². The molecule has 0 amide bonds. The third kappa shape index (κ3) is 2.12. The van der Waals surface area contributed by atoms with Crippen LogP contribution in [0.1, 0.15) is 90.9 Å². The monoisotopic (exact) mass is 358 g/mol. The first-order chi connectivity index (χ1) is 12.4. The molecule has 5 aliphatic rings. The fourth-order valence-corrected chi connectivity index (χ4v) is 8.55. The Kier molecular flexibility index (Phi) is 3.70. The maximum atomic E-state index is 12.1. The molecule has 4 saturated carbocycles. The van der Waals surface area contributed by atoms with E-state index in [1.54, 1.807) is 0 Å². The van der Waals surface area contributed by atoms with Crippen molar-refractivity contribution in [1.82, 2.24) is 0 Å². The van der Waals surface area contributed by atoms with Gasteiger partial charge in [0.05, 0.1) is 0 Å². The highest BCUT2D eigenvalue weighted by Crippen LogP contribution is 2.69. The zero-order valence-electron chi connectivity index (χ0n) is 16.5. The fourth-order valence-electron chi connectivity index (χ4n) is 8.55. The Morgan fingerprint density at radius 3 is 2.50 bits per heavy atom. The average molecular weight is 359 g/mol. The van der Waals surface area contributed by atoms with Crippen LogP contribution in [0, 0.1) is 34.5 Å². The van der Waals surface area contributed by atoms with Gasteiger partial charge in [-0.05, 0) is 86.9 Å². The van der Waals surface area contributed by atoms with E-state index in [2.05, 4.69) is 13.8 Å². The number of fused-ring (bicyclic) bond motifs is 6. The number of rotatable bonds is 0. The molecule has 144 valence electrons. The number of hydrogen-bond donors (Lipinski definition) is 0. The first kappa shape index (κ1) is 17.3. The molecule has 4 aliphatic carbocycles. The van der Waals surface area contributed by atoms with Crippen LogP contribution in [-0.4, -0.2) is 17.4 Å². The van der Waals surface area contributed by atoms with Gasteiger partial charge >= 0.3 is 5.97 Å². The second kappa shape index (κ2) is 5.58. The van der Waals surface area contributed by atoms with Crippen molar-refractivity contribution in [2.75, 3.05) is 0 Å². The van der Waals surface area contributed by atoms with Crippen molar-refractivity contribution in [1.29, 1.82) is 0 Å². The standard InChI is InChI=1S/C23H34O3/c1-21-11-7-16(24)14-15(21)5-6-17-18(21)8-12-22(2)19(17)9-13-23(22)10-3-4-20(25)26-23/h15,17-19H,3-14H2,1-2H3/t15-,17+,18-,19-,21-,22-,23-/m0/s1. The Hall–Kier alpha value is -0.860. The van der Waals surface area contributed by atoms with Crippen LogP contribution in [0.4, 0.5) is 0 Å². The number of carbonyl (C=O) groups is 2. The van der Waals surface area contributed by atoms with E-state index in [9.17, 15) is 9.59 Å². The molecule has 0 radical (unpaired) electrons. The normalized spacial score (nSPS) is 53.6. The van der Waals surface area contributed by atoms with Crippen molar-refractivity contribution < 1.29 is 14.3 Å². The molecule has 5 fully saturated rings. The SMILES string of the molecule is C[C@]12CCC(=O)C[C@@H]1CC[C@@H]1[C@@H]2CC[C@@]2(C)[C@H]1CC[C@@]21CCCC(=O)O1. The lowest BCUT2D eigenvalue weighted by Gasteiger charge is -2.61. The summed E-state index contributed by atoms with van der Waals surface area (Å²) in [6.45, 7) is 4.97. The van der Waals surface area contributed by atoms with Gasteiger partial charge < -0.3 is 4.74 Å². The Balaban J connectivity index is 1.45. The third-order valence-corrected chi connectivity index (χ3v) is 10.0. The molecule has 1 saturated heterocycles. The van der Waals surface area contributed by atoms with E-state index in [1.165, 1.54) is 32.1 Å². The summed E-state index contributed by atoms with van der Waals surface area (Å²) in [7, 11) is 0. The van der Waals surface area contributed by atoms with Crippen LogP contribution < -0.4 is 0 Å². The van der Waals surface area contributed by atoms with E-state index in [4.69, 9.17) is 4.74 Å². The minimum atomic E-state index is -0.168. The van der Waals surface area contributed by atoms with Gasteiger partial charge in [0.25, 0.3) is 0 Å². The predicted molar refractivity (Wildman–Crippen MR) is 99.4 cm³/mol. The Bertz CT molecular complexity index is 641. The largest absolute Gasteiger partial charge is 0.458 e. The number of hydrogen-bond acceptors (Lipinski definition) is 3. The van der Waals surface area contributed by atoms with Crippen LogP contribution in [0.15, 0.2) is 0 Å². The number of Topliss-reactive ketones (excluding diaryl/α,β-unsaturated/α-hetero) is 1. The minimum absolute atomic E-state index is 0.0433. The molecular weight excluding hydrogens is 324 g/mol. The molecule has 0 aromatic rings. The molecule has 0 N–H and O–H groups in total. The molecule has 3 nitrogen and oxygen atoms in total. The van der Waals surface area contributed by atoms with Gasteiger partial charge in [-0.2, -0.15) is 0 Å². The molecule has 0 bridgehead atoms. The van der Waals surface area contributed by atoms with Crippen LogP contribution in [-0.2, 0) is 14.3 Å². The Morgan fingerprint density at radius 2 is 1.69 bits per heavy atom. The van der Waals surface area contributed by atoms with Gasteiger partial charge in [0.1, 0.15) is 11.4 Å². The third-order valence-electron chi connectivity index (χ3n) is 10.0. The Morgan fingerprint density at radius 1 is 0.885 bits per heavy atom. The maximum absolute atomic E-state index is 12.1. The second-order valence-electron chi connectivity index (χ2n) is 10.7. The topological polar surface area (TPSA) is 43.4 Å². The van der Waals surface area contributed by atoms with Gasteiger partial charge in [-0.15, -0.1) is 0 Å². The van der Waals surface area contributed by atoms with Crippen molar-refractivity contribution in [2.24, 2.45) is 34.5 Å². The predicted octanol–water partition coefficient (Wildman–Crippen LogP) is 5.06. The van der Waals surface area contributed by atoms with Crippen molar-refractivity contribution in [3.8, 4) is 0 Å². The van der Waals surface area contributed by atoms with E-state index >= 15 is 0 Å². The van der Waals surface area contributed by atoms with Gasteiger partial charge in [-0.3, -0.25) is 9.59 Å². The maximum Gasteiger partial charge on any atom is 0.306 e. The summed E-state index contributed by atoms with van der Waals surface area (Å²) in [6, 6.07) is 0. The number of carbonyl (C=O) groups excluding carboxylic acids is 2. The number of ether oxygens (including phenoxy) is 1. The zero-order valence-corrected chi connectivity index (χ0v) is 16.5. The average Bonchev–Trinajstić information content (AvgIpc) is 2.88. The van der Waals surface area contributed by atoms with E-state index in [1.807, 2.05) is 0 Å². The molecule has 5 rings (SSSR count). The van der Waals surface area contributed by atoms with Crippen LogP contribution in [0.5, 0.6) is 0 Å². The summed E-state index contributed by atoms with van der Waals surface area (Å²) in [5.74, 6) is 3.44. The molecule has 0 aromatic carbocycles. The number of esters is 1. The van der Waals surface area contributed by atoms with Gasteiger partial charge in [0.15, 0.2) is 0 Å². The Labute approximate surface area is 157 Å². The summed E-state index contributed by atoms with van der Waals surface area (Å²) < 4.78 is 6.15. The van der Waals surface area contributed by atoms with E-state index in [-0.39, 0.29) is 17.0 Å². The van der Waals surface area contributed by atoms with Gasteiger partial charge in [0, 0.05) is 24.7 Å². The molecule has 1 heterocycles. The van der Waals surface area contributed by atoms with Crippen molar-refractivity contribution in [3.05, 3.63) is 0 Å². The fraction of sp³-hybridized carbons (Fsp3) is 0.913. The molecule has 3 heteroatoms. The van der Waals surface area contributed by atoms with Crippen molar-refractivity contribution in [2.45, 2.75) is 96.5 Å². The molecule has 0 unspecified atom stereocenters.